The molecule has 2 aromatic rings. The summed E-state index contributed by atoms with van der Waals surface area (Å²) in [4.78, 5) is 14.4. The van der Waals surface area contributed by atoms with Crippen LogP contribution in [0.5, 0.6) is 0 Å². The number of aromatic nitrogens is 2. The van der Waals surface area contributed by atoms with Crippen molar-refractivity contribution in [2.24, 2.45) is 7.05 Å². The van der Waals surface area contributed by atoms with Gasteiger partial charge in [-0.1, -0.05) is 12.1 Å². The SMILES string of the molecule is CC(NCc1cncn1C)c1cccc([N+](=O)[O-])c1. The molecule has 0 fully saturated rings. The van der Waals surface area contributed by atoms with E-state index in [0.29, 0.717) is 6.54 Å². The first-order valence-corrected chi connectivity index (χ1v) is 6.01. The second kappa shape index (κ2) is 5.62. The molecule has 1 unspecified atom stereocenters. The fourth-order valence-corrected chi connectivity index (χ4v) is 1.84. The van der Waals surface area contributed by atoms with Crippen molar-refractivity contribution in [3.63, 3.8) is 0 Å². The molecule has 19 heavy (non-hydrogen) atoms. The number of hydrogen-bond donors (Lipinski definition) is 1. The third-order valence-electron chi connectivity index (χ3n) is 3.09. The third kappa shape index (κ3) is 3.17. The fourth-order valence-electron chi connectivity index (χ4n) is 1.84. The predicted molar refractivity (Wildman–Crippen MR) is 71.6 cm³/mol. The molecule has 6 nitrogen and oxygen atoms in total. The van der Waals surface area contributed by atoms with E-state index >= 15 is 0 Å². The smallest absolute Gasteiger partial charge is 0.269 e. The van der Waals surface area contributed by atoms with E-state index < -0.39 is 0 Å². The van der Waals surface area contributed by atoms with E-state index in [4.69, 9.17) is 0 Å². The zero-order valence-corrected chi connectivity index (χ0v) is 10.9. The molecule has 100 valence electrons. The lowest BCUT2D eigenvalue weighted by atomic mass is 10.1. The average molecular weight is 260 g/mol. The summed E-state index contributed by atoms with van der Waals surface area (Å²) >= 11 is 0. The molecule has 0 saturated heterocycles. The second-order valence-electron chi connectivity index (χ2n) is 4.45. The Morgan fingerprint density at radius 3 is 2.95 bits per heavy atom. The van der Waals surface area contributed by atoms with Crippen LogP contribution in [0.1, 0.15) is 24.2 Å². The summed E-state index contributed by atoms with van der Waals surface area (Å²) in [5, 5.41) is 14.1. The third-order valence-corrected chi connectivity index (χ3v) is 3.09. The molecule has 0 amide bonds. The number of nitro groups is 1. The molecule has 1 N–H and O–H groups in total. The molecule has 0 aliphatic rings. The highest BCUT2D eigenvalue weighted by Gasteiger charge is 2.11. The van der Waals surface area contributed by atoms with Gasteiger partial charge in [0.2, 0.25) is 0 Å². The van der Waals surface area contributed by atoms with Crippen LogP contribution in [-0.4, -0.2) is 14.5 Å². The zero-order chi connectivity index (χ0) is 13.8. The number of imidazole rings is 1. The molecule has 0 radical (unpaired) electrons. The molecule has 6 heteroatoms. The summed E-state index contributed by atoms with van der Waals surface area (Å²) in [5.74, 6) is 0. The molecule has 0 spiro atoms. The molecular formula is C13H16N4O2. The lowest BCUT2D eigenvalue weighted by Gasteiger charge is -2.14. The summed E-state index contributed by atoms with van der Waals surface area (Å²) in [6, 6.07) is 6.72. The van der Waals surface area contributed by atoms with E-state index in [1.165, 1.54) is 6.07 Å². The maximum atomic E-state index is 10.7. The van der Waals surface area contributed by atoms with Gasteiger partial charge in [0, 0.05) is 38.0 Å². The molecule has 1 heterocycles. The number of nitrogens with zero attached hydrogens (tertiary/aromatic N) is 3. The van der Waals surface area contributed by atoms with E-state index in [-0.39, 0.29) is 16.7 Å². The monoisotopic (exact) mass is 260 g/mol. The van der Waals surface area contributed by atoms with Gasteiger partial charge in [-0.2, -0.15) is 0 Å². The average Bonchev–Trinajstić information content (AvgIpc) is 2.81. The van der Waals surface area contributed by atoms with Gasteiger partial charge in [-0.15, -0.1) is 0 Å². The molecule has 0 bridgehead atoms. The minimum atomic E-state index is -0.378. The summed E-state index contributed by atoms with van der Waals surface area (Å²) in [7, 11) is 1.93. The topological polar surface area (TPSA) is 73.0 Å². The minimum absolute atomic E-state index is 0.0369. The first-order chi connectivity index (χ1) is 9.08. The minimum Gasteiger partial charge on any atom is -0.337 e. The Labute approximate surface area is 111 Å². The zero-order valence-electron chi connectivity index (χ0n) is 10.9. The van der Waals surface area contributed by atoms with E-state index in [0.717, 1.165) is 11.3 Å². The van der Waals surface area contributed by atoms with Crippen molar-refractivity contribution in [2.45, 2.75) is 19.5 Å². The van der Waals surface area contributed by atoms with Crippen molar-refractivity contribution >= 4 is 5.69 Å². The molecule has 0 saturated carbocycles. The number of non-ortho nitro benzene ring substituents is 1. The number of nitro benzene ring substituents is 1. The van der Waals surface area contributed by atoms with Crippen LogP contribution in [0.4, 0.5) is 5.69 Å². The number of nitrogens with one attached hydrogen (secondary N) is 1. The number of hydrogen-bond acceptors (Lipinski definition) is 4. The molecule has 2 rings (SSSR count). The summed E-state index contributed by atoms with van der Waals surface area (Å²) < 4.78 is 1.94. The van der Waals surface area contributed by atoms with Crippen LogP contribution in [0.2, 0.25) is 0 Å². The van der Waals surface area contributed by atoms with Gasteiger partial charge in [-0.3, -0.25) is 10.1 Å². The van der Waals surface area contributed by atoms with Gasteiger partial charge in [0.15, 0.2) is 0 Å². The maximum Gasteiger partial charge on any atom is 0.269 e. The lowest BCUT2D eigenvalue weighted by molar-refractivity contribution is -0.384. The Morgan fingerprint density at radius 1 is 1.53 bits per heavy atom. The van der Waals surface area contributed by atoms with Gasteiger partial charge in [0.1, 0.15) is 0 Å². The van der Waals surface area contributed by atoms with Gasteiger partial charge >= 0.3 is 0 Å². The normalized spacial score (nSPS) is 12.3. The summed E-state index contributed by atoms with van der Waals surface area (Å²) in [5.41, 5.74) is 2.08. The molecule has 0 aliphatic heterocycles. The van der Waals surface area contributed by atoms with Gasteiger partial charge in [-0.05, 0) is 12.5 Å². The van der Waals surface area contributed by atoms with Crippen LogP contribution in [0, 0.1) is 10.1 Å². The van der Waals surface area contributed by atoms with Gasteiger partial charge in [-0.25, -0.2) is 4.98 Å². The van der Waals surface area contributed by atoms with Gasteiger partial charge in [0.25, 0.3) is 5.69 Å². The van der Waals surface area contributed by atoms with Crippen LogP contribution in [-0.2, 0) is 13.6 Å². The number of rotatable bonds is 5. The first kappa shape index (κ1) is 13.2. The second-order valence-corrected chi connectivity index (χ2v) is 4.45. The van der Waals surface area contributed by atoms with Gasteiger partial charge < -0.3 is 9.88 Å². The highest BCUT2D eigenvalue weighted by molar-refractivity contribution is 5.35. The summed E-state index contributed by atoms with van der Waals surface area (Å²) in [6.07, 6.45) is 3.54. The highest BCUT2D eigenvalue weighted by Crippen LogP contribution is 2.19. The molecule has 0 aliphatic carbocycles. The van der Waals surface area contributed by atoms with Crippen molar-refractivity contribution < 1.29 is 4.92 Å². The first-order valence-electron chi connectivity index (χ1n) is 6.01. The van der Waals surface area contributed by atoms with Gasteiger partial charge in [0.05, 0.1) is 16.9 Å². The van der Waals surface area contributed by atoms with E-state index in [1.807, 2.05) is 24.6 Å². The number of aryl methyl sites for hydroxylation is 1. The summed E-state index contributed by atoms with van der Waals surface area (Å²) in [6.45, 7) is 2.65. The van der Waals surface area contributed by atoms with Crippen molar-refractivity contribution in [1.82, 2.24) is 14.9 Å². The Morgan fingerprint density at radius 2 is 2.32 bits per heavy atom. The van der Waals surface area contributed by atoms with Crippen molar-refractivity contribution in [3.05, 3.63) is 58.2 Å². The highest BCUT2D eigenvalue weighted by atomic mass is 16.6. The van der Waals surface area contributed by atoms with Crippen LogP contribution in [0.3, 0.4) is 0 Å². The predicted octanol–water partition coefficient (Wildman–Crippen LogP) is 2.18. The Kier molecular flexibility index (Phi) is 3.91. The van der Waals surface area contributed by atoms with Crippen LogP contribution < -0.4 is 5.32 Å². The van der Waals surface area contributed by atoms with E-state index in [9.17, 15) is 10.1 Å². The van der Waals surface area contributed by atoms with Crippen LogP contribution in [0.25, 0.3) is 0 Å². The molecule has 1 aromatic carbocycles. The Bertz CT molecular complexity index is 580. The van der Waals surface area contributed by atoms with Crippen LogP contribution in [0.15, 0.2) is 36.8 Å². The Balaban J connectivity index is 2.03. The van der Waals surface area contributed by atoms with Crippen molar-refractivity contribution in [3.8, 4) is 0 Å². The maximum absolute atomic E-state index is 10.7. The molecule has 1 atom stereocenters. The number of benzene rings is 1. The van der Waals surface area contributed by atoms with E-state index in [1.54, 1.807) is 24.7 Å². The van der Waals surface area contributed by atoms with Crippen molar-refractivity contribution in [2.75, 3.05) is 0 Å². The quantitative estimate of drug-likeness (QED) is 0.660. The lowest BCUT2D eigenvalue weighted by Crippen LogP contribution is -2.19. The fraction of sp³-hybridized carbons (Fsp3) is 0.308. The van der Waals surface area contributed by atoms with Crippen molar-refractivity contribution in [1.29, 1.82) is 0 Å². The standard InChI is InChI=1S/C13H16N4O2/c1-10(15-8-13-7-14-9-16(13)2)11-4-3-5-12(6-11)17(18)19/h3-7,9-10,15H,8H2,1-2H3. The molecule has 1 aromatic heterocycles. The van der Waals surface area contributed by atoms with E-state index in [2.05, 4.69) is 10.3 Å². The van der Waals surface area contributed by atoms with Crippen LogP contribution >= 0.6 is 0 Å². The largest absolute Gasteiger partial charge is 0.337 e. The Hall–Kier alpha value is -2.21. The molecular weight excluding hydrogens is 244 g/mol.